The van der Waals surface area contributed by atoms with Crippen LogP contribution in [-0.2, 0) is 9.53 Å². The van der Waals surface area contributed by atoms with E-state index >= 15 is 0 Å². The minimum Gasteiger partial charge on any atom is -0.480 e. The van der Waals surface area contributed by atoms with Crippen LogP contribution in [0.5, 0.6) is 0 Å². The van der Waals surface area contributed by atoms with E-state index < -0.39 is 24.0 Å². The minimum absolute atomic E-state index is 0.0861. The molecule has 1 atom stereocenters. The Morgan fingerprint density at radius 3 is 2.29 bits per heavy atom. The Balaban J connectivity index is 1.40. The average molecular weight is 482 g/mol. The average Bonchev–Trinajstić information content (AvgIpc) is 3.34. The molecule has 0 spiro atoms. The third kappa shape index (κ3) is 4.78. The van der Waals surface area contributed by atoms with E-state index in [1.54, 1.807) is 6.92 Å². The van der Waals surface area contributed by atoms with E-state index in [-0.39, 0.29) is 35.6 Å². The van der Waals surface area contributed by atoms with Gasteiger partial charge in [-0.3, -0.25) is 10.1 Å². The molecular weight excluding hydrogens is 458 g/mol. The molecule has 1 heterocycles. The quantitative estimate of drug-likeness (QED) is 0.387. The van der Waals surface area contributed by atoms with Gasteiger partial charge in [-0.05, 0) is 29.2 Å². The molecule has 1 aromatic heterocycles. The highest BCUT2D eigenvalue weighted by atomic mass is 32.1. The fourth-order valence-electron chi connectivity index (χ4n) is 3.99. The van der Waals surface area contributed by atoms with Crippen LogP contribution in [0.1, 0.15) is 38.8 Å². The van der Waals surface area contributed by atoms with Gasteiger partial charge in [-0.1, -0.05) is 59.9 Å². The highest BCUT2D eigenvalue weighted by Crippen LogP contribution is 2.44. The number of carbonyl (C=O) groups is 3. The van der Waals surface area contributed by atoms with Crippen molar-refractivity contribution in [2.75, 3.05) is 18.5 Å². The van der Waals surface area contributed by atoms with E-state index in [1.165, 1.54) is 0 Å². The maximum absolute atomic E-state index is 12.5. The number of aryl methyl sites for hydroxylation is 1. The van der Waals surface area contributed by atoms with Gasteiger partial charge < -0.3 is 20.3 Å². The van der Waals surface area contributed by atoms with Crippen LogP contribution in [0.15, 0.2) is 48.5 Å². The number of nitrogens with one attached hydrogen (secondary N) is 2. The SMILES string of the molecule is Cc1nc(NC(=O)OCC2c3ccccc3-c3ccccc32)sc1C(=O)N[C@@H](CCO)C(=O)O. The molecule has 2 amide bonds. The number of hydrogen-bond donors (Lipinski definition) is 4. The number of aromatic nitrogens is 1. The van der Waals surface area contributed by atoms with Crippen molar-refractivity contribution in [3.63, 3.8) is 0 Å². The molecule has 0 fully saturated rings. The van der Waals surface area contributed by atoms with Gasteiger partial charge in [0.05, 0.1) is 5.69 Å². The number of rotatable bonds is 8. The lowest BCUT2D eigenvalue weighted by Crippen LogP contribution is -2.41. The molecule has 34 heavy (non-hydrogen) atoms. The smallest absolute Gasteiger partial charge is 0.413 e. The maximum atomic E-state index is 12.5. The number of carbonyl (C=O) groups excluding carboxylic acids is 2. The van der Waals surface area contributed by atoms with Gasteiger partial charge in [0.15, 0.2) is 5.13 Å². The monoisotopic (exact) mass is 481 g/mol. The molecular formula is C24H23N3O6S. The van der Waals surface area contributed by atoms with Crippen molar-refractivity contribution >= 4 is 34.4 Å². The first-order valence-electron chi connectivity index (χ1n) is 10.6. The van der Waals surface area contributed by atoms with Crippen LogP contribution in [0.4, 0.5) is 9.93 Å². The topological polar surface area (TPSA) is 138 Å². The largest absolute Gasteiger partial charge is 0.480 e. The van der Waals surface area contributed by atoms with E-state index in [4.69, 9.17) is 14.9 Å². The standard InChI is InChI=1S/C24H23N3O6S/c1-13-20(21(29)26-19(10-11-28)22(30)31)34-23(25-13)27-24(32)33-12-18-16-8-4-2-6-14(16)15-7-3-5-9-17(15)18/h2-9,18-19,28H,10-12H2,1H3,(H,26,29)(H,30,31)(H,25,27,32)/t19-/m0/s1. The summed E-state index contributed by atoms with van der Waals surface area (Å²) in [6.07, 6.45) is -0.824. The number of thiazole rings is 1. The summed E-state index contributed by atoms with van der Waals surface area (Å²) in [5.74, 6) is -1.98. The van der Waals surface area contributed by atoms with E-state index in [2.05, 4.69) is 27.8 Å². The van der Waals surface area contributed by atoms with Gasteiger partial charge in [0, 0.05) is 18.9 Å². The lowest BCUT2D eigenvalue weighted by molar-refractivity contribution is -0.139. The van der Waals surface area contributed by atoms with E-state index in [0.717, 1.165) is 33.6 Å². The predicted molar refractivity (Wildman–Crippen MR) is 126 cm³/mol. The van der Waals surface area contributed by atoms with Crippen molar-refractivity contribution in [1.29, 1.82) is 0 Å². The van der Waals surface area contributed by atoms with Crippen LogP contribution in [0.25, 0.3) is 11.1 Å². The van der Waals surface area contributed by atoms with Crippen molar-refractivity contribution in [2.45, 2.75) is 25.3 Å². The Labute approximate surface area is 199 Å². The summed E-state index contributed by atoms with van der Waals surface area (Å²) >= 11 is 0.912. The maximum Gasteiger partial charge on any atom is 0.413 e. The second kappa shape index (κ2) is 10.0. The summed E-state index contributed by atoms with van der Waals surface area (Å²) < 4.78 is 5.49. The third-order valence-electron chi connectivity index (χ3n) is 5.58. The van der Waals surface area contributed by atoms with Crippen LogP contribution in [0, 0.1) is 6.92 Å². The van der Waals surface area contributed by atoms with Crippen LogP contribution in [-0.4, -0.2) is 52.4 Å². The summed E-state index contributed by atoms with van der Waals surface area (Å²) in [4.78, 5) is 40.5. The molecule has 4 rings (SSSR count). The number of benzene rings is 2. The normalized spacial score (nSPS) is 13.0. The summed E-state index contributed by atoms with van der Waals surface area (Å²) in [7, 11) is 0. The number of hydrogen-bond acceptors (Lipinski definition) is 7. The van der Waals surface area contributed by atoms with Gasteiger partial charge in [0.1, 0.15) is 17.5 Å². The third-order valence-corrected chi connectivity index (χ3v) is 6.65. The van der Waals surface area contributed by atoms with E-state index in [9.17, 15) is 14.4 Å². The van der Waals surface area contributed by atoms with Crippen molar-refractivity contribution in [1.82, 2.24) is 10.3 Å². The van der Waals surface area contributed by atoms with Crippen LogP contribution in [0.3, 0.4) is 0 Å². The number of aliphatic hydroxyl groups excluding tert-OH is 1. The number of nitrogens with zero attached hydrogens (tertiary/aromatic N) is 1. The summed E-state index contributed by atoms with van der Waals surface area (Å²) in [6.45, 7) is 1.34. The fourth-order valence-corrected chi connectivity index (χ4v) is 4.85. The zero-order valence-electron chi connectivity index (χ0n) is 18.3. The molecule has 1 aliphatic rings. The molecule has 0 unspecified atom stereocenters. The number of amides is 2. The Morgan fingerprint density at radius 2 is 1.71 bits per heavy atom. The Hall–Kier alpha value is -3.76. The number of fused-ring (bicyclic) bond motifs is 3. The van der Waals surface area contributed by atoms with E-state index in [1.807, 2.05) is 36.4 Å². The molecule has 4 N–H and O–H groups in total. The molecule has 0 radical (unpaired) electrons. The molecule has 3 aromatic rings. The highest BCUT2D eigenvalue weighted by Gasteiger charge is 2.29. The number of carboxylic acids is 1. The first-order chi connectivity index (χ1) is 16.4. The highest BCUT2D eigenvalue weighted by molar-refractivity contribution is 7.17. The molecule has 2 aromatic carbocycles. The second-order valence-corrected chi connectivity index (χ2v) is 8.76. The number of ether oxygens (including phenoxy) is 1. The van der Waals surface area contributed by atoms with E-state index in [0.29, 0.717) is 5.69 Å². The first kappa shape index (κ1) is 23.4. The number of carboxylic acid groups (broad SMARTS) is 1. The van der Waals surface area contributed by atoms with Gasteiger partial charge in [-0.2, -0.15) is 0 Å². The molecule has 9 nitrogen and oxygen atoms in total. The molecule has 0 bridgehead atoms. The second-order valence-electron chi connectivity index (χ2n) is 7.76. The van der Waals surface area contributed by atoms with Crippen LogP contribution in [0.2, 0.25) is 0 Å². The summed E-state index contributed by atoms with van der Waals surface area (Å²) in [5, 5.41) is 23.2. The zero-order chi connectivity index (χ0) is 24.2. The van der Waals surface area contributed by atoms with Crippen molar-refractivity contribution in [3.8, 4) is 11.1 Å². The lowest BCUT2D eigenvalue weighted by atomic mass is 9.98. The lowest BCUT2D eigenvalue weighted by Gasteiger charge is -2.14. The van der Waals surface area contributed by atoms with Gasteiger partial charge in [-0.25, -0.2) is 14.6 Å². The molecule has 0 saturated carbocycles. The Bertz CT molecular complexity index is 1200. The zero-order valence-corrected chi connectivity index (χ0v) is 19.1. The van der Waals surface area contributed by atoms with Crippen molar-refractivity contribution in [3.05, 3.63) is 70.2 Å². The predicted octanol–water partition coefficient (Wildman–Crippen LogP) is 3.38. The molecule has 0 saturated heterocycles. The Morgan fingerprint density at radius 1 is 1.09 bits per heavy atom. The van der Waals surface area contributed by atoms with Gasteiger partial charge in [0.25, 0.3) is 5.91 Å². The number of aliphatic hydroxyl groups is 1. The molecule has 1 aliphatic carbocycles. The van der Waals surface area contributed by atoms with Gasteiger partial charge in [0.2, 0.25) is 0 Å². The molecule has 0 aliphatic heterocycles. The van der Waals surface area contributed by atoms with Crippen LogP contribution < -0.4 is 10.6 Å². The Kier molecular flexibility index (Phi) is 6.90. The number of aliphatic carboxylic acids is 1. The fraction of sp³-hybridized carbons (Fsp3) is 0.250. The van der Waals surface area contributed by atoms with Crippen molar-refractivity contribution in [2.24, 2.45) is 0 Å². The summed E-state index contributed by atoms with van der Waals surface area (Å²) in [6, 6.07) is 14.8. The van der Waals surface area contributed by atoms with Gasteiger partial charge in [-0.15, -0.1) is 0 Å². The van der Waals surface area contributed by atoms with Crippen LogP contribution >= 0.6 is 11.3 Å². The summed E-state index contributed by atoms with van der Waals surface area (Å²) in [5.41, 5.74) is 4.77. The molecule has 10 heteroatoms. The van der Waals surface area contributed by atoms with Gasteiger partial charge >= 0.3 is 12.1 Å². The first-order valence-corrected chi connectivity index (χ1v) is 11.4. The number of anilines is 1. The minimum atomic E-state index is -1.25. The van der Waals surface area contributed by atoms with Crippen molar-refractivity contribution < 1.29 is 29.3 Å². The molecule has 176 valence electrons.